The highest BCUT2D eigenvalue weighted by Crippen LogP contribution is 2.21. The number of rotatable bonds is 5. The van der Waals surface area contributed by atoms with Crippen molar-refractivity contribution in [1.29, 1.82) is 0 Å². The molecule has 0 radical (unpaired) electrons. The molecule has 1 atom stereocenters. The van der Waals surface area contributed by atoms with Crippen LogP contribution in [0.4, 0.5) is 5.82 Å². The van der Waals surface area contributed by atoms with E-state index in [2.05, 4.69) is 48.8 Å². The molecule has 3 rings (SSSR count). The highest BCUT2D eigenvalue weighted by molar-refractivity contribution is 5.51. The van der Waals surface area contributed by atoms with E-state index in [4.69, 9.17) is 9.72 Å². The van der Waals surface area contributed by atoms with E-state index in [0.29, 0.717) is 12.0 Å². The number of anilines is 1. The number of morpholine rings is 1. The summed E-state index contributed by atoms with van der Waals surface area (Å²) in [4.78, 5) is 9.47. The van der Waals surface area contributed by atoms with Crippen molar-refractivity contribution in [3.63, 3.8) is 0 Å². The lowest BCUT2D eigenvalue weighted by Crippen LogP contribution is -2.47. The highest BCUT2D eigenvalue weighted by atomic mass is 16.5. The predicted molar refractivity (Wildman–Crippen MR) is 92.2 cm³/mol. The van der Waals surface area contributed by atoms with Crippen LogP contribution >= 0.6 is 0 Å². The second kappa shape index (κ2) is 6.84. The molecule has 1 aliphatic heterocycles. The van der Waals surface area contributed by atoms with Gasteiger partial charge in [0.15, 0.2) is 5.65 Å². The maximum Gasteiger partial charge on any atom is 0.157 e. The molecule has 126 valence electrons. The Balaban J connectivity index is 1.81. The van der Waals surface area contributed by atoms with Crippen molar-refractivity contribution >= 4 is 11.5 Å². The van der Waals surface area contributed by atoms with Crippen LogP contribution in [0, 0.1) is 0 Å². The van der Waals surface area contributed by atoms with Gasteiger partial charge in [-0.05, 0) is 12.8 Å². The second-order valence-electron chi connectivity index (χ2n) is 6.67. The van der Waals surface area contributed by atoms with Crippen molar-refractivity contribution < 1.29 is 4.74 Å². The summed E-state index contributed by atoms with van der Waals surface area (Å²) in [5.41, 5.74) is 2.02. The topological polar surface area (TPSA) is 45.9 Å². The maximum atomic E-state index is 5.45. The first kappa shape index (κ1) is 16.2. The largest absolute Gasteiger partial charge is 0.379 e. The summed E-state index contributed by atoms with van der Waals surface area (Å²) < 4.78 is 7.38. The van der Waals surface area contributed by atoms with Gasteiger partial charge in [0.25, 0.3) is 0 Å². The van der Waals surface area contributed by atoms with Crippen molar-refractivity contribution in [2.24, 2.45) is 0 Å². The number of hydrogen-bond donors (Lipinski definition) is 0. The van der Waals surface area contributed by atoms with E-state index in [9.17, 15) is 0 Å². The lowest BCUT2D eigenvalue weighted by Gasteiger charge is -2.35. The zero-order chi connectivity index (χ0) is 16.4. The van der Waals surface area contributed by atoms with Crippen molar-refractivity contribution in [2.45, 2.75) is 32.7 Å². The van der Waals surface area contributed by atoms with Crippen LogP contribution in [-0.4, -0.2) is 65.4 Å². The minimum absolute atomic E-state index is 0.402. The Morgan fingerprint density at radius 1 is 1.26 bits per heavy atom. The van der Waals surface area contributed by atoms with Crippen LogP contribution in [0.2, 0.25) is 0 Å². The quantitative estimate of drug-likeness (QED) is 0.844. The Hall–Kier alpha value is -1.66. The fraction of sp³-hybridized carbons (Fsp3) is 0.647. The average Bonchev–Trinajstić information content (AvgIpc) is 3.03. The smallest absolute Gasteiger partial charge is 0.157 e. The van der Waals surface area contributed by atoms with Gasteiger partial charge in [-0.1, -0.05) is 13.8 Å². The first-order valence-corrected chi connectivity index (χ1v) is 8.44. The van der Waals surface area contributed by atoms with Gasteiger partial charge in [-0.15, -0.1) is 0 Å². The number of likely N-dealkylation sites (N-methyl/N-ethyl adjacent to an activating group) is 1. The van der Waals surface area contributed by atoms with Gasteiger partial charge in [0, 0.05) is 50.6 Å². The molecule has 0 bridgehead atoms. The molecule has 6 nitrogen and oxygen atoms in total. The van der Waals surface area contributed by atoms with Crippen LogP contribution in [0.3, 0.4) is 0 Å². The molecule has 2 aromatic heterocycles. The lowest BCUT2D eigenvalue weighted by atomic mass is 10.1. The number of aromatic nitrogens is 3. The van der Waals surface area contributed by atoms with Crippen LogP contribution < -0.4 is 4.90 Å². The standard InChI is InChI=1S/C17H27N5O/c1-13(2)15-11-17(22-16(19-15)5-6-18-22)20(4)12-14(3)21-7-9-23-10-8-21/h5-6,11,13-14H,7-10,12H2,1-4H3/t14-/m1/s1. The Morgan fingerprint density at radius 2 is 2.00 bits per heavy atom. The summed E-state index contributed by atoms with van der Waals surface area (Å²) in [5.74, 6) is 1.50. The van der Waals surface area contributed by atoms with E-state index in [-0.39, 0.29) is 0 Å². The van der Waals surface area contributed by atoms with Gasteiger partial charge in [-0.2, -0.15) is 9.61 Å². The van der Waals surface area contributed by atoms with Crippen molar-refractivity contribution in [2.75, 3.05) is 44.8 Å². The molecule has 0 unspecified atom stereocenters. The lowest BCUT2D eigenvalue weighted by molar-refractivity contribution is 0.0217. The third-order valence-electron chi connectivity index (χ3n) is 4.55. The van der Waals surface area contributed by atoms with Crippen molar-refractivity contribution in [3.05, 3.63) is 24.0 Å². The highest BCUT2D eigenvalue weighted by Gasteiger charge is 2.20. The molecule has 1 fully saturated rings. The zero-order valence-electron chi connectivity index (χ0n) is 14.6. The van der Waals surface area contributed by atoms with E-state index in [1.807, 2.05) is 16.8 Å². The van der Waals surface area contributed by atoms with E-state index in [1.54, 1.807) is 0 Å². The van der Waals surface area contributed by atoms with Gasteiger partial charge in [-0.25, -0.2) is 4.98 Å². The molecule has 0 saturated carbocycles. The molecule has 0 amide bonds. The Labute approximate surface area is 138 Å². The molecular weight excluding hydrogens is 290 g/mol. The number of ether oxygens (including phenoxy) is 1. The fourth-order valence-electron chi connectivity index (χ4n) is 3.11. The van der Waals surface area contributed by atoms with Gasteiger partial charge in [0.2, 0.25) is 0 Å². The summed E-state index contributed by atoms with van der Waals surface area (Å²) in [6.45, 7) is 11.3. The average molecular weight is 317 g/mol. The van der Waals surface area contributed by atoms with Crippen LogP contribution in [-0.2, 0) is 4.74 Å². The minimum Gasteiger partial charge on any atom is -0.379 e. The fourth-order valence-corrected chi connectivity index (χ4v) is 3.11. The summed E-state index contributed by atoms with van der Waals surface area (Å²) >= 11 is 0. The van der Waals surface area contributed by atoms with E-state index in [0.717, 1.165) is 50.0 Å². The van der Waals surface area contributed by atoms with Gasteiger partial charge in [0.05, 0.1) is 19.4 Å². The SMILES string of the molecule is CC(C)c1cc(N(C)C[C@@H](C)N2CCOCC2)n2nccc2n1. The molecule has 1 saturated heterocycles. The molecule has 6 heteroatoms. The minimum atomic E-state index is 0.402. The first-order chi connectivity index (χ1) is 11.1. The van der Waals surface area contributed by atoms with Crippen molar-refractivity contribution in [3.8, 4) is 0 Å². The number of nitrogens with zero attached hydrogens (tertiary/aromatic N) is 5. The van der Waals surface area contributed by atoms with E-state index < -0.39 is 0 Å². The van der Waals surface area contributed by atoms with Crippen LogP contribution in [0.15, 0.2) is 18.3 Å². The zero-order valence-corrected chi connectivity index (χ0v) is 14.6. The van der Waals surface area contributed by atoms with Crippen LogP contribution in [0.1, 0.15) is 32.4 Å². The first-order valence-electron chi connectivity index (χ1n) is 8.44. The van der Waals surface area contributed by atoms with Gasteiger partial charge >= 0.3 is 0 Å². The molecule has 0 N–H and O–H groups in total. The van der Waals surface area contributed by atoms with Gasteiger partial charge in [0.1, 0.15) is 5.82 Å². The third kappa shape index (κ3) is 3.48. The normalized spacial score (nSPS) is 17.8. The number of hydrogen-bond acceptors (Lipinski definition) is 5. The molecule has 23 heavy (non-hydrogen) atoms. The monoisotopic (exact) mass is 317 g/mol. The summed E-state index contributed by atoms with van der Waals surface area (Å²) in [5, 5.41) is 4.44. The van der Waals surface area contributed by atoms with Crippen molar-refractivity contribution in [1.82, 2.24) is 19.5 Å². The molecule has 3 heterocycles. The van der Waals surface area contributed by atoms with Crippen LogP contribution in [0.25, 0.3) is 5.65 Å². The van der Waals surface area contributed by atoms with E-state index in [1.165, 1.54) is 0 Å². The summed E-state index contributed by atoms with van der Waals surface area (Å²) in [6.07, 6.45) is 1.81. The Morgan fingerprint density at radius 3 is 2.70 bits per heavy atom. The second-order valence-corrected chi connectivity index (χ2v) is 6.67. The predicted octanol–water partition coefficient (Wildman–Crippen LogP) is 2.01. The van der Waals surface area contributed by atoms with Gasteiger partial charge < -0.3 is 9.64 Å². The van der Waals surface area contributed by atoms with Crippen LogP contribution in [0.5, 0.6) is 0 Å². The Kier molecular flexibility index (Phi) is 4.82. The summed E-state index contributed by atoms with van der Waals surface area (Å²) in [6, 6.07) is 4.61. The molecule has 0 spiro atoms. The molecule has 0 aliphatic carbocycles. The molecule has 2 aromatic rings. The number of fused-ring (bicyclic) bond motifs is 1. The summed E-state index contributed by atoms with van der Waals surface area (Å²) in [7, 11) is 2.14. The third-order valence-corrected chi connectivity index (χ3v) is 4.55. The molecule has 1 aliphatic rings. The van der Waals surface area contributed by atoms with E-state index >= 15 is 0 Å². The maximum absolute atomic E-state index is 5.45. The molecular formula is C17H27N5O. The Bertz CT molecular complexity index is 647. The molecule has 0 aromatic carbocycles. The van der Waals surface area contributed by atoms with Gasteiger partial charge in [-0.3, -0.25) is 4.90 Å².